The van der Waals surface area contributed by atoms with E-state index in [2.05, 4.69) is 10.3 Å². The molecule has 0 saturated heterocycles. The molecule has 2 aromatic rings. The molecule has 0 radical (unpaired) electrons. The number of hydrogen-bond acceptors (Lipinski definition) is 3. The van der Waals surface area contributed by atoms with Crippen LogP contribution in [0.3, 0.4) is 0 Å². The van der Waals surface area contributed by atoms with E-state index >= 15 is 0 Å². The van der Waals surface area contributed by atoms with Crippen molar-refractivity contribution < 1.29 is 4.39 Å². The lowest BCUT2D eigenvalue weighted by molar-refractivity contribution is 0.628. The highest BCUT2D eigenvalue weighted by Crippen LogP contribution is 2.29. The van der Waals surface area contributed by atoms with Crippen molar-refractivity contribution in [2.24, 2.45) is 0 Å². The Morgan fingerprint density at radius 2 is 1.81 bits per heavy atom. The van der Waals surface area contributed by atoms with E-state index in [1.165, 1.54) is 12.1 Å². The first-order chi connectivity index (χ1) is 10.0. The fourth-order valence-corrected chi connectivity index (χ4v) is 2.17. The number of pyridine rings is 1. The van der Waals surface area contributed by atoms with Crippen molar-refractivity contribution in [3.05, 3.63) is 46.9 Å². The number of hydrogen-bond donors (Lipinski definition) is 2. The average Bonchev–Trinajstić information content (AvgIpc) is 2.48. The van der Waals surface area contributed by atoms with Gasteiger partial charge < -0.3 is 10.7 Å². The van der Waals surface area contributed by atoms with Gasteiger partial charge in [-0.15, -0.1) is 0 Å². The second kappa shape index (κ2) is 7.74. The Hall–Kier alpha value is -1.94. The highest BCUT2D eigenvalue weighted by atomic mass is 35.5. The molecule has 0 amide bonds. The van der Waals surface area contributed by atoms with E-state index in [-0.39, 0.29) is 11.0 Å². The Labute approximate surface area is 129 Å². The summed E-state index contributed by atoms with van der Waals surface area (Å²) in [6, 6.07) is 7.83. The van der Waals surface area contributed by atoms with E-state index in [0.717, 1.165) is 11.3 Å². The Morgan fingerprint density at radius 1 is 1.24 bits per heavy atom. The molecule has 0 fully saturated rings. The normalized spacial score (nSPS) is 9.62. The van der Waals surface area contributed by atoms with Gasteiger partial charge in [-0.1, -0.05) is 25.4 Å². The number of aromatic nitrogens is 1. The minimum absolute atomic E-state index is 0.263. The van der Waals surface area contributed by atoms with Crippen LogP contribution in [0.15, 0.2) is 30.3 Å². The summed E-state index contributed by atoms with van der Waals surface area (Å²) in [5.41, 5.74) is 3.06. The van der Waals surface area contributed by atoms with Crippen LogP contribution in [0.4, 0.5) is 10.1 Å². The smallest absolute Gasteiger partial charge is 0.140 e. The van der Waals surface area contributed by atoms with E-state index in [0.29, 0.717) is 17.0 Å². The van der Waals surface area contributed by atoms with Gasteiger partial charge in [0.05, 0.1) is 11.3 Å². The van der Waals surface area contributed by atoms with Gasteiger partial charge in [0.25, 0.3) is 0 Å². The third-order valence-electron chi connectivity index (χ3n) is 2.76. The van der Waals surface area contributed by atoms with Crippen LogP contribution < -0.4 is 5.32 Å². The third-order valence-corrected chi connectivity index (χ3v) is 3.03. The SMILES string of the molecule is CC.CNc1cc(-c2ccc(F)cc2)nc(Cl)c1C(C)=N. The van der Waals surface area contributed by atoms with Crippen LogP contribution in [0.1, 0.15) is 26.3 Å². The molecule has 0 bridgehead atoms. The Balaban J connectivity index is 0.00000106. The molecule has 3 nitrogen and oxygen atoms in total. The summed E-state index contributed by atoms with van der Waals surface area (Å²) < 4.78 is 12.9. The zero-order valence-electron chi connectivity index (χ0n) is 12.6. The molecule has 0 unspecified atom stereocenters. The maximum Gasteiger partial charge on any atom is 0.140 e. The van der Waals surface area contributed by atoms with Crippen molar-refractivity contribution in [3.63, 3.8) is 0 Å². The lowest BCUT2D eigenvalue weighted by atomic mass is 10.1. The number of nitrogens with zero attached hydrogens (tertiary/aromatic N) is 1. The van der Waals surface area contributed by atoms with E-state index in [4.69, 9.17) is 17.0 Å². The van der Waals surface area contributed by atoms with Crippen LogP contribution in [0.5, 0.6) is 0 Å². The topological polar surface area (TPSA) is 48.8 Å². The van der Waals surface area contributed by atoms with E-state index < -0.39 is 0 Å². The first kappa shape index (κ1) is 17.1. The molecule has 5 heteroatoms. The average molecular weight is 308 g/mol. The van der Waals surface area contributed by atoms with Gasteiger partial charge in [-0.3, -0.25) is 0 Å². The van der Waals surface area contributed by atoms with Gasteiger partial charge in [-0.2, -0.15) is 0 Å². The molecule has 2 N–H and O–H groups in total. The van der Waals surface area contributed by atoms with E-state index in [9.17, 15) is 4.39 Å². The summed E-state index contributed by atoms with van der Waals surface area (Å²) in [7, 11) is 1.76. The highest BCUT2D eigenvalue weighted by molar-refractivity contribution is 6.33. The summed E-state index contributed by atoms with van der Waals surface area (Å²) in [5.74, 6) is -0.296. The lowest BCUT2D eigenvalue weighted by Gasteiger charge is -2.12. The second-order valence-electron chi connectivity index (χ2n) is 4.10. The fraction of sp³-hybridized carbons (Fsp3) is 0.250. The Bertz CT molecular complexity index is 624. The summed E-state index contributed by atoms with van der Waals surface area (Å²) in [4.78, 5) is 4.27. The van der Waals surface area contributed by atoms with Crippen molar-refractivity contribution in [2.75, 3.05) is 12.4 Å². The van der Waals surface area contributed by atoms with Gasteiger partial charge in [0, 0.05) is 24.0 Å². The first-order valence-corrected chi connectivity index (χ1v) is 7.10. The van der Waals surface area contributed by atoms with Crippen molar-refractivity contribution in [3.8, 4) is 11.3 Å². The molecule has 2 rings (SSSR count). The van der Waals surface area contributed by atoms with Crippen LogP contribution in [0, 0.1) is 11.2 Å². The molecule has 0 aliphatic carbocycles. The molecule has 0 spiro atoms. The molecule has 0 saturated carbocycles. The largest absolute Gasteiger partial charge is 0.387 e. The third kappa shape index (κ3) is 4.02. The van der Waals surface area contributed by atoms with E-state index in [1.54, 1.807) is 32.2 Å². The second-order valence-corrected chi connectivity index (χ2v) is 4.46. The van der Waals surface area contributed by atoms with Crippen molar-refractivity contribution >= 4 is 23.0 Å². The molecule has 1 heterocycles. The van der Waals surface area contributed by atoms with E-state index in [1.807, 2.05) is 13.8 Å². The molecule has 1 aromatic heterocycles. The number of halogens is 2. The minimum Gasteiger partial charge on any atom is -0.387 e. The van der Waals surface area contributed by atoms with Crippen LogP contribution in [-0.2, 0) is 0 Å². The van der Waals surface area contributed by atoms with Crippen LogP contribution in [0.2, 0.25) is 5.15 Å². The summed E-state index contributed by atoms with van der Waals surface area (Å²) in [6.45, 7) is 5.65. The Kier molecular flexibility index (Phi) is 6.31. The van der Waals surface area contributed by atoms with Gasteiger partial charge in [-0.05, 0) is 37.3 Å². The number of nitrogens with one attached hydrogen (secondary N) is 2. The van der Waals surface area contributed by atoms with Crippen LogP contribution in [0.25, 0.3) is 11.3 Å². The van der Waals surface area contributed by atoms with Crippen molar-refractivity contribution in [1.29, 1.82) is 5.41 Å². The molecule has 0 aliphatic rings. The highest BCUT2D eigenvalue weighted by Gasteiger charge is 2.13. The number of benzene rings is 1. The van der Waals surface area contributed by atoms with Gasteiger partial charge in [0.15, 0.2) is 0 Å². The zero-order chi connectivity index (χ0) is 16.0. The molecular weight excluding hydrogens is 289 g/mol. The predicted molar refractivity (Wildman–Crippen MR) is 88.0 cm³/mol. The molecule has 21 heavy (non-hydrogen) atoms. The Morgan fingerprint density at radius 3 is 2.29 bits per heavy atom. The molecule has 0 atom stereocenters. The van der Waals surface area contributed by atoms with Gasteiger partial charge >= 0.3 is 0 Å². The monoisotopic (exact) mass is 307 g/mol. The molecule has 1 aromatic carbocycles. The maximum atomic E-state index is 12.9. The lowest BCUT2D eigenvalue weighted by Crippen LogP contribution is -2.04. The molecular formula is C16H19ClFN3. The first-order valence-electron chi connectivity index (χ1n) is 6.72. The van der Waals surface area contributed by atoms with Crippen molar-refractivity contribution in [1.82, 2.24) is 4.98 Å². The molecule has 0 aliphatic heterocycles. The summed E-state index contributed by atoms with van der Waals surface area (Å²) >= 11 is 6.12. The van der Waals surface area contributed by atoms with Crippen molar-refractivity contribution in [2.45, 2.75) is 20.8 Å². The predicted octanol–water partition coefficient (Wildman–Crippen LogP) is 5.00. The summed E-state index contributed by atoms with van der Waals surface area (Å²) in [5, 5.41) is 11.0. The quantitative estimate of drug-likeness (QED) is 0.619. The zero-order valence-corrected chi connectivity index (χ0v) is 13.3. The maximum absolute atomic E-state index is 12.9. The standard InChI is InChI=1S/C14H13ClFN3.C2H6/c1-8(17)13-12(18-2)7-11(19-14(13)15)9-3-5-10(16)6-4-9;1-2/h3-7,17H,1-2H3,(H,18,19);1-2H3. The van der Waals surface area contributed by atoms with Crippen LogP contribution >= 0.6 is 11.6 Å². The van der Waals surface area contributed by atoms with Gasteiger partial charge in [-0.25, -0.2) is 9.37 Å². The van der Waals surface area contributed by atoms with Gasteiger partial charge in [0.1, 0.15) is 11.0 Å². The number of anilines is 1. The molecule has 112 valence electrons. The fourth-order valence-electron chi connectivity index (χ4n) is 1.84. The van der Waals surface area contributed by atoms with Crippen LogP contribution in [-0.4, -0.2) is 17.7 Å². The minimum atomic E-state index is -0.296. The summed E-state index contributed by atoms with van der Waals surface area (Å²) in [6.07, 6.45) is 0. The van der Waals surface area contributed by atoms with Gasteiger partial charge in [0.2, 0.25) is 0 Å². The number of rotatable bonds is 3.